The molecule has 92 valence electrons. The van der Waals surface area contributed by atoms with Crippen molar-refractivity contribution in [3.05, 3.63) is 29.8 Å². The van der Waals surface area contributed by atoms with E-state index in [1.807, 2.05) is 0 Å². The first kappa shape index (κ1) is 13.0. The summed E-state index contributed by atoms with van der Waals surface area (Å²) in [4.78, 5) is 22.4. The molecule has 0 unspecified atom stereocenters. The molecule has 17 heavy (non-hydrogen) atoms. The van der Waals surface area contributed by atoms with Gasteiger partial charge in [0.15, 0.2) is 0 Å². The monoisotopic (exact) mass is 236 g/mol. The largest absolute Gasteiger partial charge is 0.508 e. The third-order valence-corrected chi connectivity index (χ3v) is 2.38. The van der Waals surface area contributed by atoms with Crippen LogP contribution in [0.25, 0.3) is 0 Å². The first-order valence-electron chi connectivity index (χ1n) is 5.39. The number of nitrogens with one attached hydrogen (secondary N) is 1. The number of nitrogens with two attached hydrogens (primary N) is 1. The van der Waals surface area contributed by atoms with E-state index in [9.17, 15) is 9.59 Å². The van der Waals surface area contributed by atoms with Gasteiger partial charge < -0.3 is 16.2 Å². The summed E-state index contributed by atoms with van der Waals surface area (Å²) in [6, 6.07) is 5.70. The van der Waals surface area contributed by atoms with Crippen molar-refractivity contribution in [2.75, 3.05) is 0 Å². The standard InChI is InChI=1S/C12H16N2O3/c1-2-11(16)14-10(12(13)17)7-8-3-5-9(15)6-4-8/h3-6,10,15H,2,7H2,1H3,(H2,13,17)(H,14,16)/t10-/m0/s1. The number of aromatic hydroxyl groups is 1. The molecule has 4 N–H and O–H groups in total. The van der Waals surface area contributed by atoms with Gasteiger partial charge in [0.2, 0.25) is 11.8 Å². The lowest BCUT2D eigenvalue weighted by Crippen LogP contribution is -2.45. The molecule has 1 aromatic carbocycles. The highest BCUT2D eigenvalue weighted by Crippen LogP contribution is 2.11. The van der Waals surface area contributed by atoms with Crippen LogP contribution in [0.2, 0.25) is 0 Å². The first-order valence-corrected chi connectivity index (χ1v) is 5.39. The predicted octanol–water partition coefficient (Wildman–Crippen LogP) is 0.315. The van der Waals surface area contributed by atoms with Crippen LogP contribution in [0.5, 0.6) is 5.75 Å². The van der Waals surface area contributed by atoms with Crippen LogP contribution in [0.3, 0.4) is 0 Å². The molecule has 1 rings (SSSR count). The fourth-order valence-electron chi connectivity index (χ4n) is 1.39. The van der Waals surface area contributed by atoms with Crippen molar-refractivity contribution in [1.82, 2.24) is 5.32 Å². The number of primary amides is 1. The Hall–Kier alpha value is -2.04. The van der Waals surface area contributed by atoms with Gasteiger partial charge in [-0.05, 0) is 17.7 Å². The summed E-state index contributed by atoms with van der Waals surface area (Å²) in [5, 5.41) is 11.7. The normalized spacial score (nSPS) is 11.8. The molecule has 0 saturated carbocycles. The second kappa shape index (κ2) is 5.89. The summed E-state index contributed by atoms with van der Waals surface area (Å²) in [6.45, 7) is 1.70. The minimum atomic E-state index is -0.716. The molecule has 0 bridgehead atoms. The summed E-state index contributed by atoms with van der Waals surface area (Å²) in [5.74, 6) is -0.630. The van der Waals surface area contributed by atoms with Crippen molar-refractivity contribution >= 4 is 11.8 Å². The fourth-order valence-corrected chi connectivity index (χ4v) is 1.39. The summed E-state index contributed by atoms with van der Waals surface area (Å²) in [7, 11) is 0. The third-order valence-electron chi connectivity index (χ3n) is 2.38. The van der Waals surface area contributed by atoms with Gasteiger partial charge in [-0.15, -0.1) is 0 Å². The van der Waals surface area contributed by atoms with Gasteiger partial charge in [0.25, 0.3) is 0 Å². The van der Waals surface area contributed by atoms with E-state index in [4.69, 9.17) is 10.8 Å². The van der Waals surface area contributed by atoms with Gasteiger partial charge in [0.1, 0.15) is 11.8 Å². The summed E-state index contributed by atoms with van der Waals surface area (Å²) in [6.07, 6.45) is 0.626. The number of phenols is 1. The van der Waals surface area contributed by atoms with E-state index >= 15 is 0 Å². The molecule has 0 spiro atoms. The maximum Gasteiger partial charge on any atom is 0.240 e. The van der Waals surface area contributed by atoms with Crippen LogP contribution in [-0.4, -0.2) is 23.0 Å². The van der Waals surface area contributed by atoms with E-state index in [2.05, 4.69) is 5.32 Å². The second-order valence-electron chi connectivity index (χ2n) is 3.75. The van der Waals surface area contributed by atoms with Gasteiger partial charge in [0.05, 0.1) is 0 Å². The quantitative estimate of drug-likeness (QED) is 0.687. The number of hydrogen-bond donors (Lipinski definition) is 3. The molecule has 1 aromatic rings. The lowest BCUT2D eigenvalue weighted by molar-refractivity contribution is -0.127. The van der Waals surface area contributed by atoms with Crippen LogP contribution in [0.1, 0.15) is 18.9 Å². The van der Waals surface area contributed by atoms with Crippen molar-refractivity contribution in [2.24, 2.45) is 5.73 Å². The molecule has 0 saturated heterocycles. The highest BCUT2D eigenvalue weighted by Gasteiger charge is 2.17. The summed E-state index contributed by atoms with van der Waals surface area (Å²) < 4.78 is 0. The number of hydrogen-bond acceptors (Lipinski definition) is 3. The van der Waals surface area contributed by atoms with E-state index in [0.717, 1.165) is 5.56 Å². The highest BCUT2D eigenvalue weighted by molar-refractivity contribution is 5.86. The van der Waals surface area contributed by atoms with Gasteiger partial charge >= 0.3 is 0 Å². The molecule has 0 aliphatic heterocycles. The minimum Gasteiger partial charge on any atom is -0.508 e. The average Bonchev–Trinajstić information content (AvgIpc) is 2.30. The number of carbonyl (C=O) groups is 2. The molecule has 0 aliphatic rings. The number of phenolic OH excluding ortho intramolecular Hbond substituents is 1. The number of carbonyl (C=O) groups excluding carboxylic acids is 2. The van der Waals surface area contributed by atoms with Crippen molar-refractivity contribution in [3.8, 4) is 5.75 Å². The molecule has 1 atom stereocenters. The highest BCUT2D eigenvalue weighted by atomic mass is 16.3. The minimum absolute atomic E-state index is 0.155. The molecule has 0 aliphatic carbocycles. The Morgan fingerprint density at radius 1 is 1.35 bits per heavy atom. The van der Waals surface area contributed by atoms with Crippen molar-refractivity contribution in [3.63, 3.8) is 0 Å². The first-order chi connectivity index (χ1) is 8.02. The number of amides is 2. The molecular weight excluding hydrogens is 220 g/mol. The van der Waals surface area contributed by atoms with E-state index < -0.39 is 11.9 Å². The Balaban J connectivity index is 2.70. The lowest BCUT2D eigenvalue weighted by Gasteiger charge is -2.15. The second-order valence-corrected chi connectivity index (χ2v) is 3.75. The van der Waals surface area contributed by atoms with Crippen LogP contribution in [0, 0.1) is 0 Å². The number of rotatable bonds is 5. The van der Waals surface area contributed by atoms with Gasteiger partial charge in [0, 0.05) is 12.8 Å². The van der Waals surface area contributed by atoms with Crippen molar-refractivity contribution < 1.29 is 14.7 Å². The Labute approximate surface area is 99.6 Å². The summed E-state index contributed by atoms with van der Waals surface area (Å²) >= 11 is 0. The van der Waals surface area contributed by atoms with E-state index in [0.29, 0.717) is 12.8 Å². The Kier molecular flexibility index (Phi) is 4.51. The van der Waals surface area contributed by atoms with Gasteiger partial charge in [-0.2, -0.15) is 0 Å². The Morgan fingerprint density at radius 3 is 2.41 bits per heavy atom. The third kappa shape index (κ3) is 4.14. The number of benzene rings is 1. The zero-order chi connectivity index (χ0) is 12.8. The topological polar surface area (TPSA) is 92.4 Å². The Morgan fingerprint density at radius 2 is 1.94 bits per heavy atom. The van der Waals surface area contributed by atoms with Crippen LogP contribution in [0.4, 0.5) is 0 Å². The van der Waals surface area contributed by atoms with Crippen LogP contribution < -0.4 is 11.1 Å². The molecule has 0 aromatic heterocycles. The lowest BCUT2D eigenvalue weighted by atomic mass is 10.1. The zero-order valence-electron chi connectivity index (χ0n) is 9.64. The molecule has 5 heteroatoms. The molecule has 0 heterocycles. The van der Waals surface area contributed by atoms with Gasteiger partial charge in [-0.3, -0.25) is 9.59 Å². The van der Waals surface area contributed by atoms with Crippen LogP contribution in [-0.2, 0) is 16.0 Å². The van der Waals surface area contributed by atoms with Crippen molar-refractivity contribution in [1.29, 1.82) is 0 Å². The average molecular weight is 236 g/mol. The zero-order valence-corrected chi connectivity index (χ0v) is 9.64. The SMILES string of the molecule is CCC(=O)N[C@@H](Cc1ccc(O)cc1)C(N)=O. The maximum atomic E-state index is 11.2. The fraction of sp³-hybridized carbons (Fsp3) is 0.333. The molecule has 0 fully saturated rings. The van der Waals surface area contributed by atoms with Crippen molar-refractivity contribution in [2.45, 2.75) is 25.8 Å². The maximum absolute atomic E-state index is 11.2. The molecule has 0 radical (unpaired) electrons. The molecule has 2 amide bonds. The van der Waals surface area contributed by atoms with Gasteiger partial charge in [-0.1, -0.05) is 19.1 Å². The Bertz CT molecular complexity index is 401. The van der Waals surface area contributed by atoms with E-state index in [1.54, 1.807) is 19.1 Å². The van der Waals surface area contributed by atoms with Crippen LogP contribution >= 0.6 is 0 Å². The smallest absolute Gasteiger partial charge is 0.240 e. The summed E-state index contributed by atoms with van der Waals surface area (Å²) in [5.41, 5.74) is 6.04. The van der Waals surface area contributed by atoms with Crippen LogP contribution in [0.15, 0.2) is 24.3 Å². The molecular formula is C12H16N2O3. The molecule has 5 nitrogen and oxygen atoms in total. The van der Waals surface area contributed by atoms with E-state index in [-0.39, 0.29) is 11.7 Å². The predicted molar refractivity (Wildman–Crippen MR) is 63.2 cm³/mol. The van der Waals surface area contributed by atoms with E-state index in [1.165, 1.54) is 12.1 Å². The van der Waals surface area contributed by atoms with Gasteiger partial charge in [-0.25, -0.2) is 0 Å².